The van der Waals surface area contributed by atoms with Crippen LogP contribution in [-0.2, 0) is 6.42 Å². The monoisotopic (exact) mass is 344 g/mol. The first kappa shape index (κ1) is 14.2. The number of halogens is 2. The number of nitrogens with one attached hydrogen (secondary N) is 1. The fourth-order valence-corrected chi connectivity index (χ4v) is 5.05. The van der Waals surface area contributed by atoms with E-state index in [9.17, 15) is 0 Å². The van der Waals surface area contributed by atoms with Crippen molar-refractivity contribution in [3.8, 4) is 11.1 Å². The summed E-state index contributed by atoms with van der Waals surface area (Å²) < 4.78 is 0. The summed E-state index contributed by atoms with van der Waals surface area (Å²) in [4.78, 5) is 2.65. The molecule has 0 saturated carbocycles. The highest BCUT2D eigenvalue weighted by Crippen LogP contribution is 2.50. The van der Waals surface area contributed by atoms with E-state index in [1.807, 2.05) is 12.1 Å². The quantitative estimate of drug-likeness (QED) is 0.820. The molecule has 118 valence electrons. The molecule has 5 rings (SSSR count). The second-order valence-electron chi connectivity index (χ2n) is 6.78. The Morgan fingerprint density at radius 1 is 1.17 bits per heavy atom. The van der Waals surface area contributed by atoms with Crippen LogP contribution in [0.2, 0.25) is 10.0 Å². The SMILES string of the molecule is Clc1cccc(-c2cc3c4c(c2)C2CNCCC2N4CC3)c1Cl. The highest BCUT2D eigenvalue weighted by atomic mass is 35.5. The van der Waals surface area contributed by atoms with Gasteiger partial charge in [-0.05, 0) is 54.3 Å². The van der Waals surface area contributed by atoms with E-state index in [4.69, 9.17) is 23.2 Å². The van der Waals surface area contributed by atoms with Gasteiger partial charge in [0.2, 0.25) is 0 Å². The van der Waals surface area contributed by atoms with Crippen molar-refractivity contribution >= 4 is 28.9 Å². The zero-order valence-corrected chi connectivity index (χ0v) is 14.3. The number of hydrogen-bond acceptors (Lipinski definition) is 2. The Morgan fingerprint density at radius 3 is 3.00 bits per heavy atom. The Hall–Kier alpha value is -1.22. The highest BCUT2D eigenvalue weighted by molar-refractivity contribution is 6.43. The average Bonchev–Trinajstić information content (AvgIpc) is 3.13. The van der Waals surface area contributed by atoms with Crippen molar-refractivity contribution in [3.63, 3.8) is 0 Å². The third-order valence-corrected chi connectivity index (χ3v) is 6.45. The smallest absolute Gasteiger partial charge is 0.0670 e. The van der Waals surface area contributed by atoms with Crippen molar-refractivity contribution in [2.45, 2.75) is 24.8 Å². The van der Waals surface area contributed by atoms with E-state index in [1.54, 1.807) is 0 Å². The molecule has 3 heterocycles. The van der Waals surface area contributed by atoms with Crippen LogP contribution in [0, 0.1) is 0 Å². The molecule has 23 heavy (non-hydrogen) atoms. The lowest BCUT2D eigenvalue weighted by Crippen LogP contribution is -2.43. The van der Waals surface area contributed by atoms with Gasteiger partial charge in [0.25, 0.3) is 0 Å². The summed E-state index contributed by atoms with van der Waals surface area (Å²) in [5, 5.41) is 4.85. The second kappa shape index (κ2) is 5.14. The maximum absolute atomic E-state index is 6.47. The van der Waals surface area contributed by atoms with E-state index in [1.165, 1.54) is 28.8 Å². The number of rotatable bonds is 1. The lowest BCUT2D eigenvalue weighted by Gasteiger charge is -2.32. The molecule has 4 heteroatoms. The van der Waals surface area contributed by atoms with Crippen molar-refractivity contribution < 1.29 is 0 Å². The minimum Gasteiger partial charge on any atom is -0.367 e. The second-order valence-corrected chi connectivity index (χ2v) is 7.57. The van der Waals surface area contributed by atoms with Crippen LogP contribution in [0.15, 0.2) is 30.3 Å². The summed E-state index contributed by atoms with van der Waals surface area (Å²) in [5.41, 5.74) is 6.74. The first-order valence-electron chi connectivity index (χ1n) is 8.32. The Kier molecular flexibility index (Phi) is 3.16. The van der Waals surface area contributed by atoms with Gasteiger partial charge in [-0.15, -0.1) is 0 Å². The molecule has 0 aliphatic carbocycles. The van der Waals surface area contributed by atoms with Gasteiger partial charge in [0.1, 0.15) is 0 Å². The number of fused-ring (bicyclic) bond motifs is 3. The van der Waals surface area contributed by atoms with Crippen LogP contribution in [-0.4, -0.2) is 25.7 Å². The summed E-state index contributed by atoms with van der Waals surface area (Å²) in [6.45, 7) is 3.38. The lowest BCUT2D eigenvalue weighted by atomic mass is 9.87. The molecule has 2 unspecified atom stereocenters. The van der Waals surface area contributed by atoms with Crippen molar-refractivity contribution in [3.05, 3.63) is 51.5 Å². The van der Waals surface area contributed by atoms with Crippen molar-refractivity contribution in [2.75, 3.05) is 24.5 Å². The number of anilines is 1. The van der Waals surface area contributed by atoms with E-state index < -0.39 is 0 Å². The molecular weight excluding hydrogens is 327 g/mol. The molecule has 1 N–H and O–H groups in total. The van der Waals surface area contributed by atoms with Gasteiger partial charge in [-0.1, -0.05) is 35.3 Å². The fourth-order valence-electron chi connectivity index (χ4n) is 4.64. The molecule has 2 aromatic carbocycles. The molecule has 2 nitrogen and oxygen atoms in total. The van der Waals surface area contributed by atoms with Crippen LogP contribution >= 0.6 is 23.2 Å². The minimum atomic E-state index is 0.607. The number of piperidine rings is 1. The minimum absolute atomic E-state index is 0.607. The molecule has 0 bridgehead atoms. The van der Waals surface area contributed by atoms with Gasteiger partial charge in [0.15, 0.2) is 0 Å². The van der Waals surface area contributed by atoms with Crippen molar-refractivity contribution in [2.24, 2.45) is 0 Å². The zero-order chi connectivity index (χ0) is 15.6. The van der Waals surface area contributed by atoms with Gasteiger partial charge in [-0.3, -0.25) is 0 Å². The topological polar surface area (TPSA) is 15.3 Å². The van der Waals surface area contributed by atoms with Crippen molar-refractivity contribution in [1.82, 2.24) is 5.32 Å². The first-order chi connectivity index (χ1) is 11.2. The highest BCUT2D eigenvalue weighted by Gasteiger charge is 2.43. The van der Waals surface area contributed by atoms with Crippen LogP contribution in [0.3, 0.4) is 0 Å². The third kappa shape index (κ3) is 1.98. The molecule has 1 fully saturated rings. The summed E-state index contributed by atoms with van der Waals surface area (Å²) >= 11 is 12.7. The van der Waals surface area contributed by atoms with Gasteiger partial charge in [0, 0.05) is 36.3 Å². The van der Waals surface area contributed by atoms with E-state index in [2.05, 4.69) is 28.4 Å². The molecule has 2 atom stereocenters. The summed E-state index contributed by atoms with van der Waals surface area (Å²) in [7, 11) is 0. The Labute approximate surface area is 146 Å². The molecule has 0 aromatic heterocycles. The van der Waals surface area contributed by atoms with Crippen LogP contribution < -0.4 is 10.2 Å². The molecule has 2 aromatic rings. The average molecular weight is 345 g/mol. The molecule has 0 spiro atoms. The summed E-state index contributed by atoms with van der Waals surface area (Å²) in [6.07, 6.45) is 2.39. The van der Waals surface area contributed by atoms with E-state index in [0.29, 0.717) is 22.0 Å². The predicted molar refractivity (Wildman–Crippen MR) is 97.0 cm³/mol. The molecule has 0 radical (unpaired) electrons. The van der Waals surface area contributed by atoms with E-state index in [-0.39, 0.29) is 0 Å². The van der Waals surface area contributed by atoms with Crippen LogP contribution in [0.4, 0.5) is 5.69 Å². The first-order valence-corrected chi connectivity index (χ1v) is 9.08. The molecular formula is C19H18Cl2N2. The lowest BCUT2D eigenvalue weighted by molar-refractivity contribution is 0.405. The van der Waals surface area contributed by atoms with Gasteiger partial charge in [0.05, 0.1) is 10.0 Å². The van der Waals surface area contributed by atoms with Gasteiger partial charge >= 0.3 is 0 Å². The van der Waals surface area contributed by atoms with E-state index in [0.717, 1.165) is 31.6 Å². The molecule has 0 amide bonds. The van der Waals surface area contributed by atoms with Crippen molar-refractivity contribution in [1.29, 1.82) is 0 Å². The van der Waals surface area contributed by atoms with Gasteiger partial charge in [-0.2, -0.15) is 0 Å². The molecule has 3 aliphatic rings. The van der Waals surface area contributed by atoms with Crippen LogP contribution in [0.5, 0.6) is 0 Å². The molecule has 1 saturated heterocycles. The molecule has 3 aliphatic heterocycles. The van der Waals surface area contributed by atoms with Crippen LogP contribution in [0.25, 0.3) is 11.1 Å². The van der Waals surface area contributed by atoms with Crippen LogP contribution in [0.1, 0.15) is 23.5 Å². The normalized spacial score (nSPS) is 24.7. The summed E-state index contributed by atoms with van der Waals surface area (Å²) in [6, 6.07) is 11.3. The standard InChI is InChI=1S/C19H18Cl2N2/c20-16-3-1-2-13(18(16)21)12-8-11-5-7-23-17-4-6-22-10-15(17)14(9-12)19(11)23/h1-3,8-9,15,17,22H,4-7,10H2. The number of benzene rings is 2. The Bertz CT molecular complexity index is 802. The third-order valence-electron chi connectivity index (χ3n) is 5.64. The Balaban J connectivity index is 1.69. The fraction of sp³-hybridized carbons (Fsp3) is 0.368. The number of nitrogens with zero attached hydrogens (tertiary/aromatic N) is 1. The Morgan fingerprint density at radius 2 is 2.09 bits per heavy atom. The maximum Gasteiger partial charge on any atom is 0.0670 e. The zero-order valence-electron chi connectivity index (χ0n) is 12.8. The van der Waals surface area contributed by atoms with E-state index >= 15 is 0 Å². The number of hydrogen-bond donors (Lipinski definition) is 1. The predicted octanol–water partition coefficient (Wildman–Crippen LogP) is 4.48. The maximum atomic E-state index is 6.47. The summed E-state index contributed by atoms with van der Waals surface area (Å²) in [5.74, 6) is 0.607. The van der Waals surface area contributed by atoms with Gasteiger partial charge in [-0.25, -0.2) is 0 Å². The largest absolute Gasteiger partial charge is 0.367 e. The van der Waals surface area contributed by atoms with Gasteiger partial charge < -0.3 is 10.2 Å².